The summed E-state index contributed by atoms with van der Waals surface area (Å²) in [6.45, 7) is 3.98. The zero-order chi connectivity index (χ0) is 9.10. The molecule has 2 aliphatic rings. The molecule has 0 aromatic rings. The number of carbonyl (C=O) groups excluding carboxylic acids is 1. The SMILES string of the molecule is O=C(C1CCCNC1)N1CCCC1. The van der Waals surface area contributed by atoms with E-state index < -0.39 is 0 Å². The van der Waals surface area contributed by atoms with Crippen molar-refractivity contribution in [3.8, 4) is 0 Å². The number of nitrogens with zero attached hydrogens (tertiary/aromatic N) is 1. The van der Waals surface area contributed by atoms with E-state index in [0.29, 0.717) is 5.91 Å². The van der Waals surface area contributed by atoms with Crippen LogP contribution in [0.3, 0.4) is 0 Å². The van der Waals surface area contributed by atoms with Crippen LogP contribution in [0.4, 0.5) is 0 Å². The Kier molecular flexibility index (Phi) is 2.83. The van der Waals surface area contributed by atoms with Gasteiger partial charge in [0.25, 0.3) is 0 Å². The number of hydrogen-bond donors (Lipinski definition) is 1. The van der Waals surface area contributed by atoms with Crippen molar-refractivity contribution in [2.45, 2.75) is 25.7 Å². The number of nitrogens with one attached hydrogen (secondary N) is 1. The minimum absolute atomic E-state index is 0.270. The molecule has 2 fully saturated rings. The maximum Gasteiger partial charge on any atom is 0.226 e. The first-order valence-electron chi connectivity index (χ1n) is 5.37. The highest BCUT2D eigenvalue weighted by Gasteiger charge is 2.27. The largest absolute Gasteiger partial charge is 0.342 e. The number of carbonyl (C=O) groups is 1. The van der Waals surface area contributed by atoms with Crippen molar-refractivity contribution in [3.05, 3.63) is 0 Å². The smallest absolute Gasteiger partial charge is 0.226 e. The van der Waals surface area contributed by atoms with Crippen LogP contribution in [-0.2, 0) is 4.79 Å². The Hall–Kier alpha value is -0.570. The number of likely N-dealkylation sites (tertiary alicyclic amines) is 1. The van der Waals surface area contributed by atoms with Gasteiger partial charge in [0, 0.05) is 19.6 Å². The third-order valence-corrected chi connectivity index (χ3v) is 3.06. The number of piperidine rings is 1. The van der Waals surface area contributed by atoms with E-state index in [1.165, 1.54) is 12.8 Å². The normalized spacial score (nSPS) is 29.2. The van der Waals surface area contributed by atoms with Gasteiger partial charge in [0.2, 0.25) is 5.91 Å². The molecule has 13 heavy (non-hydrogen) atoms. The van der Waals surface area contributed by atoms with Crippen LogP contribution in [0, 0.1) is 5.92 Å². The zero-order valence-electron chi connectivity index (χ0n) is 8.09. The van der Waals surface area contributed by atoms with Crippen LogP contribution in [-0.4, -0.2) is 37.0 Å². The lowest BCUT2D eigenvalue weighted by Crippen LogP contribution is -2.41. The molecule has 1 amide bonds. The average Bonchev–Trinajstić information content (AvgIpc) is 2.71. The third kappa shape index (κ3) is 2.02. The maximum absolute atomic E-state index is 11.9. The summed E-state index contributed by atoms with van der Waals surface area (Å²) < 4.78 is 0. The van der Waals surface area contributed by atoms with Crippen molar-refractivity contribution in [1.29, 1.82) is 0 Å². The second-order valence-electron chi connectivity index (χ2n) is 4.08. The van der Waals surface area contributed by atoms with Gasteiger partial charge in [-0.2, -0.15) is 0 Å². The van der Waals surface area contributed by atoms with Gasteiger partial charge in [0.15, 0.2) is 0 Å². The fourth-order valence-corrected chi connectivity index (χ4v) is 2.26. The van der Waals surface area contributed by atoms with Gasteiger partial charge >= 0.3 is 0 Å². The first kappa shape index (κ1) is 9.00. The molecule has 1 atom stereocenters. The van der Waals surface area contributed by atoms with E-state index in [2.05, 4.69) is 5.32 Å². The predicted molar refractivity (Wildman–Crippen MR) is 51.4 cm³/mol. The molecule has 1 N–H and O–H groups in total. The number of rotatable bonds is 1. The monoisotopic (exact) mass is 182 g/mol. The molecule has 0 radical (unpaired) electrons. The second kappa shape index (κ2) is 4.09. The summed E-state index contributed by atoms with van der Waals surface area (Å²) in [4.78, 5) is 13.9. The highest BCUT2D eigenvalue weighted by atomic mass is 16.2. The van der Waals surface area contributed by atoms with E-state index in [1.807, 2.05) is 4.90 Å². The van der Waals surface area contributed by atoms with Crippen LogP contribution in [0.25, 0.3) is 0 Å². The number of hydrogen-bond acceptors (Lipinski definition) is 2. The summed E-state index contributed by atoms with van der Waals surface area (Å²) in [6, 6.07) is 0. The first-order chi connectivity index (χ1) is 6.38. The van der Waals surface area contributed by atoms with Gasteiger partial charge < -0.3 is 10.2 Å². The van der Waals surface area contributed by atoms with Crippen LogP contribution in [0.2, 0.25) is 0 Å². The van der Waals surface area contributed by atoms with Crippen LogP contribution in [0.1, 0.15) is 25.7 Å². The lowest BCUT2D eigenvalue weighted by atomic mass is 9.98. The van der Waals surface area contributed by atoms with E-state index in [4.69, 9.17) is 0 Å². The summed E-state index contributed by atoms with van der Waals surface area (Å²) in [5, 5.41) is 3.29. The average molecular weight is 182 g/mol. The highest BCUT2D eigenvalue weighted by Crippen LogP contribution is 2.17. The molecule has 1 unspecified atom stereocenters. The molecule has 2 aliphatic heterocycles. The van der Waals surface area contributed by atoms with Gasteiger partial charge in [-0.25, -0.2) is 0 Å². The lowest BCUT2D eigenvalue weighted by molar-refractivity contribution is -0.134. The summed E-state index contributed by atoms with van der Waals surface area (Å²) in [7, 11) is 0. The van der Waals surface area contributed by atoms with Gasteiger partial charge in [-0.3, -0.25) is 4.79 Å². The molecular weight excluding hydrogens is 164 g/mol. The molecule has 0 spiro atoms. The molecule has 0 aromatic heterocycles. The van der Waals surface area contributed by atoms with Crippen molar-refractivity contribution in [3.63, 3.8) is 0 Å². The van der Waals surface area contributed by atoms with Crippen molar-refractivity contribution in [2.75, 3.05) is 26.2 Å². The summed E-state index contributed by atoms with van der Waals surface area (Å²) in [6.07, 6.45) is 4.64. The third-order valence-electron chi connectivity index (χ3n) is 3.06. The molecule has 0 aromatic carbocycles. The Morgan fingerprint density at radius 3 is 2.62 bits per heavy atom. The molecule has 2 heterocycles. The molecule has 2 rings (SSSR count). The van der Waals surface area contributed by atoms with Crippen LogP contribution in [0.5, 0.6) is 0 Å². The van der Waals surface area contributed by atoms with E-state index in [1.54, 1.807) is 0 Å². The fourth-order valence-electron chi connectivity index (χ4n) is 2.26. The minimum atomic E-state index is 0.270. The van der Waals surface area contributed by atoms with Gasteiger partial charge in [-0.15, -0.1) is 0 Å². The van der Waals surface area contributed by atoms with Crippen LogP contribution in [0.15, 0.2) is 0 Å². The Morgan fingerprint density at radius 2 is 2.00 bits per heavy atom. The van der Waals surface area contributed by atoms with Crippen LogP contribution < -0.4 is 5.32 Å². The van der Waals surface area contributed by atoms with Gasteiger partial charge in [-0.1, -0.05) is 0 Å². The molecule has 3 heteroatoms. The Labute approximate surface area is 79.5 Å². The molecule has 0 aliphatic carbocycles. The summed E-state index contributed by atoms with van der Waals surface area (Å²) >= 11 is 0. The minimum Gasteiger partial charge on any atom is -0.342 e. The topological polar surface area (TPSA) is 32.3 Å². The van der Waals surface area contributed by atoms with Crippen molar-refractivity contribution < 1.29 is 4.79 Å². The maximum atomic E-state index is 11.9. The Morgan fingerprint density at radius 1 is 1.23 bits per heavy atom. The van der Waals surface area contributed by atoms with Gasteiger partial charge in [0.05, 0.1) is 5.92 Å². The predicted octanol–water partition coefficient (Wildman–Crippen LogP) is 0.608. The summed E-state index contributed by atoms with van der Waals surface area (Å²) in [5.74, 6) is 0.663. The number of amides is 1. The van der Waals surface area contributed by atoms with Gasteiger partial charge in [0.1, 0.15) is 0 Å². The van der Waals surface area contributed by atoms with Crippen molar-refractivity contribution in [1.82, 2.24) is 10.2 Å². The molecule has 3 nitrogen and oxygen atoms in total. The van der Waals surface area contributed by atoms with E-state index >= 15 is 0 Å². The molecule has 0 saturated carbocycles. The zero-order valence-corrected chi connectivity index (χ0v) is 8.09. The van der Waals surface area contributed by atoms with E-state index in [0.717, 1.165) is 39.0 Å². The standard InChI is InChI=1S/C10H18N2O/c13-10(12-6-1-2-7-12)9-4-3-5-11-8-9/h9,11H,1-8H2. The molecule has 74 valence electrons. The highest BCUT2D eigenvalue weighted by molar-refractivity contribution is 5.79. The lowest BCUT2D eigenvalue weighted by Gasteiger charge is -2.26. The Balaban J connectivity index is 1.87. The molecule has 2 saturated heterocycles. The molecule has 0 bridgehead atoms. The first-order valence-corrected chi connectivity index (χ1v) is 5.37. The van der Waals surface area contributed by atoms with Crippen molar-refractivity contribution >= 4 is 5.91 Å². The van der Waals surface area contributed by atoms with Crippen LogP contribution >= 0.6 is 0 Å². The Bertz CT molecular complexity index is 181. The van der Waals surface area contributed by atoms with E-state index in [9.17, 15) is 4.79 Å². The second-order valence-corrected chi connectivity index (χ2v) is 4.08. The van der Waals surface area contributed by atoms with Crippen molar-refractivity contribution in [2.24, 2.45) is 5.92 Å². The fraction of sp³-hybridized carbons (Fsp3) is 0.900. The van der Waals surface area contributed by atoms with E-state index in [-0.39, 0.29) is 5.92 Å². The quantitative estimate of drug-likeness (QED) is 0.644. The summed E-state index contributed by atoms with van der Waals surface area (Å²) in [5.41, 5.74) is 0. The molecular formula is C10H18N2O. The van der Waals surface area contributed by atoms with Gasteiger partial charge in [-0.05, 0) is 32.2 Å².